The second kappa shape index (κ2) is 6.67. The highest BCUT2D eigenvalue weighted by Crippen LogP contribution is 2.28. The molecule has 1 heterocycles. The summed E-state index contributed by atoms with van der Waals surface area (Å²) in [6.45, 7) is 2.55. The molecule has 0 bridgehead atoms. The summed E-state index contributed by atoms with van der Waals surface area (Å²) >= 11 is 0. The van der Waals surface area contributed by atoms with E-state index < -0.39 is 0 Å². The Bertz CT molecular complexity index is 818. The molecule has 0 aliphatic rings. The number of rotatable bonds is 5. The quantitative estimate of drug-likeness (QED) is 0.758. The van der Waals surface area contributed by atoms with E-state index in [-0.39, 0.29) is 5.69 Å². The maximum atomic E-state index is 9.24. The van der Waals surface area contributed by atoms with E-state index in [1.54, 1.807) is 0 Å². The molecule has 1 N–H and O–H groups in total. The van der Waals surface area contributed by atoms with Gasteiger partial charge in [-0.25, -0.2) is 0 Å². The molecular weight excluding hydrogens is 290 g/mol. The van der Waals surface area contributed by atoms with Gasteiger partial charge in [-0.1, -0.05) is 18.2 Å². The first kappa shape index (κ1) is 14.7. The summed E-state index contributed by atoms with van der Waals surface area (Å²) in [4.78, 5) is 4.23. The number of hydrogen-bond donors (Lipinski definition) is 1. The predicted molar refractivity (Wildman–Crippen MR) is 87.5 cm³/mol. The van der Waals surface area contributed by atoms with E-state index in [0.29, 0.717) is 18.4 Å². The van der Waals surface area contributed by atoms with E-state index in [4.69, 9.17) is 9.15 Å². The molecule has 3 rings (SSSR count). The molecule has 0 radical (unpaired) electrons. The van der Waals surface area contributed by atoms with Gasteiger partial charge in [-0.2, -0.15) is 10.2 Å². The highest BCUT2D eigenvalue weighted by Gasteiger charge is 2.14. The summed E-state index contributed by atoms with van der Waals surface area (Å²) in [5.74, 6) is 1.53. The van der Waals surface area contributed by atoms with E-state index in [2.05, 4.69) is 10.3 Å². The van der Waals surface area contributed by atoms with Gasteiger partial charge >= 0.3 is 0 Å². The number of ether oxygens (including phenoxy) is 1. The van der Waals surface area contributed by atoms with Crippen molar-refractivity contribution in [2.75, 3.05) is 11.9 Å². The fourth-order valence-corrected chi connectivity index (χ4v) is 2.12. The zero-order valence-corrected chi connectivity index (χ0v) is 12.6. The van der Waals surface area contributed by atoms with Gasteiger partial charge in [-0.05, 0) is 43.3 Å². The molecule has 5 nitrogen and oxygen atoms in total. The topological polar surface area (TPSA) is 71.1 Å². The van der Waals surface area contributed by atoms with Crippen LogP contribution in [0.1, 0.15) is 12.6 Å². The highest BCUT2D eigenvalue weighted by molar-refractivity contribution is 5.64. The maximum absolute atomic E-state index is 9.24. The Morgan fingerprint density at radius 1 is 1.13 bits per heavy atom. The molecular formula is C18H15N3O2. The molecule has 114 valence electrons. The van der Waals surface area contributed by atoms with Gasteiger partial charge in [0.15, 0.2) is 0 Å². The molecule has 0 unspecified atom stereocenters. The van der Waals surface area contributed by atoms with Crippen LogP contribution in [0.15, 0.2) is 59.0 Å². The molecule has 0 saturated heterocycles. The molecule has 0 amide bonds. The Balaban J connectivity index is 1.85. The molecule has 0 spiro atoms. The van der Waals surface area contributed by atoms with Crippen LogP contribution >= 0.6 is 0 Å². The summed E-state index contributed by atoms with van der Waals surface area (Å²) in [6, 6.07) is 18.9. The summed E-state index contributed by atoms with van der Waals surface area (Å²) in [5.41, 5.74) is 1.84. The van der Waals surface area contributed by atoms with Crippen LogP contribution in [0.3, 0.4) is 0 Å². The Kier molecular flexibility index (Phi) is 4.25. The summed E-state index contributed by atoms with van der Waals surface area (Å²) in [6.07, 6.45) is 0. The van der Waals surface area contributed by atoms with Crippen LogP contribution in [-0.4, -0.2) is 11.6 Å². The van der Waals surface area contributed by atoms with Crippen molar-refractivity contribution in [2.24, 2.45) is 0 Å². The molecule has 0 saturated carbocycles. The standard InChI is InChI=1S/C18H15N3O2/c1-2-22-15-10-8-14(9-11-15)20-18-16(12-19)21-17(23-18)13-6-4-3-5-7-13/h3-11,20H,2H2,1H3. The highest BCUT2D eigenvalue weighted by atomic mass is 16.5. The van der Waals surface area contributed by atoms with Crippen molar-refractivity contribution in [2.45, 2.75) is 6.92 Å². The Morgan fingerprint density at radius 2 is 1.87 bits per heavy atom. The third-order valence-corrected chi connectivity index (χ3v) is 3.18. The molecule has 0 aliphatic heterocycles. The minimum atomic E-state index is 0.220. The molecule has 3 aromatic rings. The normalized spacial score (nSPS) is 10.1. The number of benzene rings is 2. The van der Waals surface area contributed by atoms with E-state index in [9.17, 15) is 5.26 Å². The third-order valence-electron chi connectivity index (χ3n) is 3.18. The number of nitrogens with zero attached hydrogens (tertiary/aromatic N) is 2. The molecule has 2 aromatic carbocycles. The zero-order chi connectivity index (χ0) is 16.1. The van der Waals surface area contributed by atoms with Gasteiger partial charge in [-0.3, -0.25) is 0 Å². The first-order valence-electron chi connectivity index (χ1n) is 7.26. The summed E-state index contributed by atoms with van der Waals surface area (Å²) in [5, 5.41) is 12.3. The van der Waals surface area contributed by atoms with Crippen LogP contribution in [0.2, 0.25) is 0 Å². The van der Waals surface area contributed by atoms with Gasteiger partial charge in [0.25, 0.3) is 0 Å². The second-order valence-corrected chi connectivity index (χ2v) is 4.76. The average molecular weight is 305 g/mol. The maximum Gasteiger partial charge on any atom is 0.236 e. The Labute approximate surface area is 134 Å². The molecule has 0 fully saturated rings. The van der Waals surface area contributed by atoms with Crippen LogP contribution < -0.4 is 10.1 Å². The summed E-state index contributed by atoms with van der Waals surface area (Å²) < 4.78 is 11.1. The number of nitriles is 1. The number of anilines is 2. The van der Waals surface area contributed by atoms with Gasteiger partial charge < -0.3 is 14.5 Å². The van der Waals surface area contributed by atoms with Crippen LogP contribution in [-0.2, 0) is 0 Å². The van der Waals surface area contributed by atoms with Gasteiger partial charge in [0.1, 0.15) is 11.8 Å². The minimum Gasteiger partial charge on any atom is -0.494 e. The van der Waals surface area contributed by atoms with E-state index in [1.807, 2.05) is 67.6 Å². The number of hydrogen-bond acceptors (Lipinski definition) is 5. The Morgan fingerprint density at radius 3 is 2.52 bits per heavy atom. The molecule has 5 heteroatoms. The van der Waals surface area contributed by atoms with Crippen LogP contribution in [0, 0.1) is 11.3 Å². The minimum absolute atomic E-state index is 0.220. The van der Waals surface area contributed by atoms with E-state index in [1.165, 1.54) is 0 Å². The van der Waals surface area contributed by atoms with E-state index in [0.717, 1.165) is 17.0 Å². The summed E-state index contributed by atoms with van der Waals surface area (Å²) in [7, 11) is 0. The fraction of sp³-hybridized carbons (Fsp3) is 0.111. The SMILES string of the molecule is CCOc1ccc(Nc2oc(-c3ccccc3)nc2C#N)cc1. The van der Waals surface area contributed by atoms with Crippen LogP contribution in [0.25, 0.3) is 11.5 Å². The third kappa shape index (κ3) is 3.33. The first-order valence-corrected chi connectivity index (χ1v) is 7.26. The van der Waals surface area contributed by atoms with E-state index >= 15 is 0 Å². The lowest BCUT2D eigenvalue weighted by atomic mass is 10.2. The number of oxazole rings is 1. The smallest absolute Gasteiger partial charge is 0.236 e. The zero-order valence-electron chi connectivity index (χ0n) is 12.6. The van der Waals surface area contributed by atoms with Gasteiger partial charge in [-0.15, -0.1) is 0 Å². The van der Waals surface area contributed by atoms with Gasteiger partial charge in [0.05, 0.1) is 6.61 Å². The number of aromatic nitrogens is 1. The lowest BCUT2D eigenvalue weighted by Gasteiger charge is -2.05. The van der Waals surface area contributed by atoms with Crippen molar-refractivity contribution in [1.82, 2.24) is 4.98 Å². The fourth-order valence-electron chi connectivity index (χ4n) is 2.12. The van der Waals surface area contributed by atoms with Crippen molar-refractivity contribution < 1.29 is 9.15 Å². The first-order chi connectivity index (χ1) is 11.3. The molecule has 23 heavy (non-hydrogen) atoms. The van der Waals surface area contributed by atoms with Crippen molar-refractivity contribution in [3.05, 3.63) is 60.3 Å². The van der Waals surface area contributed by atoms with Crippen molar-refractivity contribution in [3.63, 3.8) is 0 Å². The lowest BCUT2D eigenvalue weighted by molar-refractivity contribution is 0.340. The van der Waals surface area contributed by atoms with Gasteiger partial charge in [0, 0.05) is 11.3 Å². The lowest BCUT2D eigenvalue weighted by Crippen LogP contribution is -1.93. The second-order valence-electron chi connectivity index (χ2n) is 4.76. The molecule has 1 aromatic heterocycles. The van der Waals surface area contributed by atoms with Crippen molar-refractivity contribution in [1.29, 1.82) is 5.26 Å². The van der Waals surface area contributed by atoms with Crippen LogP contribution in [0.4, 0.5) is 11.6 Å². The predicted octanol–water partition coefficient (Wildman–Crippen LogP) is 4.36. The molecule has 0 aliphatic carbocycles. The van der Waals surface area contributed by atoms with Crippen molar-refractivity contribution in [3.8, 4) is 23.3 Å². The largest absolute Gasteiger partial charge is 0.494 e. The van der Waals surface area contributed by atoms with Crippen molar-refractivity contribution >= 4 is 11.6 Å². The molecule has 0 atom stereocenters. The van der Waals surface area contributed by atoms with Crippen LogP contribution in [0.5, 0.6) is 5.75 Å². The van der Waals surface area contributed by atoms with Gasteiger partial charge in [0.2, 0.25) is 17.5 Å². The number of nitrogens with one attached hydrogen (secondary N) is 1. The average Bonchev–Trinajstić information content (AvgIpc) is 3.01. The monoisotopic (exact) mass is 305 g/mol. The Hall–Kier alpha value is -3.26.